The van der Waals surface area contributed by atoms with Crippen LogP contribution >= 0.6 is 0 Å². The zero-order valence-corrected chi connectivity index (χ0v) is 12.8. The van der Waals surface area contributed by atoms with Crippen LogP contribution in [0.3, 0.4) is 0 Å². The average Bonchev–Trinajstić information content (AvgIpc) is 2.84. The number of carbonyl (C=O) groups excluding carboxylic acids is 1. The average molecular weight is 262 g/mol. The first kappa shape index (κ1) is 14.4. The molecule has 0 aliphatic heterocycles. The van der Waals surface area contributed by atoms with Crippen molar-refractivity contribution in [2.45, 2.75) is 66.3 Å². The van der Waals surface area contributed by atoms with Crippen LogP contribution in [0.15, 0.2) is 0 Å². The monoisotopic (exact) mass is 262 g/mol. The summed E-state index contributed by atoms with van der Waals surface area (Å²) in [4.78, 5) is 12.5. The molecule has 2 saturated carbocycles. The topological polar surface area (TPSA) is 52.9 Å². The molecule has 0 spiro atoms. The molecular weight excluding hydrogens is 236 g/mol. The number of amides is 1. The summed E-state index contributed by atoms with van der Waals surface area (Å²) in [6.07, 6.45) is 4.24. The summed E-state index contributed by atoms with van der Waals surface area (Å²) in [6.45, 7) is 10.5. The molecule has 0 aromatic rings. The van der Waals surface area contributed by atoms with Gasteiger partial charge in [0.15, 0.2) is 0 Å². The Hall–Kier alpha value is -1.04. The number of hydrogen-bond acceptors (Lipinski definition) is 2. The summed E-state index contributed by atoms with van der Waals surface area (Å²) >= 11 is 0. The Morgan fingerprint density at radius 1 is 1.47 bits per heavy atom. The minimum Gasteiger partial charge on any atom is -0.351 e. The molecule has 2 aliphatic rings. The lowest BCUT2D eigenvalue weighted by molar-refractivity contribution is -0.130. The van der Waals surface area contributed by atoms with Crippen molar-refractivity contribution in [3.63, 3.8) is 0 Å². The molecule has 0 aromatic heterocycles. The summed E-state index contributed by atoms with van der Waals surface area (Å²) < 4.78 is 0. The van der Waals surface area contributed by atoms with Gasteiger partial charge >= 0.3 is 0 Å². The summed E-state index contributed by atoms with van der Waals surface area (Å²) in [5.41, 5.74) is -0.533. The lowest BCUT2D eigenvalue weighted by atomic mass is 9.68. The molecule has 4 atom stereocenters. The molecule has 2 rings (SSSR count). The van der Waals surface area contributed by atoms with E-state index in [2.05, 4.69) is 32.2 Å². The molecule has 2 fully saturated rings. The van der Waals surface area contributed by atoms with Crippen molar-refractivity contribution in [3.8, 4) is 6.07 Å². The highest BCUT2D eigenvalue weighted by Gasteiger charge is 2.60. The van der Waals surface area contributed by atoms with E-state index in [1.54, 1.807) is 6.92 Å². The number of nitrogens with one attached hydrogen (secondary N) is 1. The number of fused-ring (bicyclic) bond motifs is 2. The zero-order chi connectivity index (χ0) is 14.5. The predicted octanol–water partition coefficient (Wildman–Crippen LogP) is 3.26. The highest BCUT2D eigenvalue weighted by molar-refractivity contribution is 5.85. The summed E-state index contributed by atoms with van der Waals surface area (Å²) in [5, 5.41) is 12.5. The molecule has 1 N–H and O–H groups in total. The molecule has 106 valence electrons. The van der Waals surface area contributed by atoms with Gasteiger partial charge in [0.05, 0.1) is 6.07 Å². The van der Waals surface area contributed by atoms with Gasteiger partial charge in [-0.2, -0.15) is 5.26 Å². The van der Waals surface area contributed by atoms with E-state index in [4.69, 9.17) is 0 Å². The number of hydrogen-bond donors (Lipinski definition) is 1. The molecule has 3 nitrogen and oxygen atoms in total. The maximum atomic E-state index is 12.5. The third-order valence-corrected chi connectivity index (χ3v) is 6.00. The Balaban J connectivity index is 2.20. The van der Waals surface area contributed by atoms with Crippen molar-refractivity contribution in [1.82, 2.24) is 5.32 Å². The van der Waals surface area contributed by atoms with Crippen molar-refractivity contribution in [1.29, 1.82) is 5.26 Å². The van der Waals surface area contributed by atoms with Crippen LogP contribution in [-0.4, -0.2) is 11.9 Å². The quantitative estimate of drug-likeness (QED) is 0.848. The van der Waals surface area contributed by atoms with E-state index in [1.165, 1.54) is 19.3 Å². The molecule has 0 heterocycles. The Morgan fingerprint density at radius 2 is 2.11 bits per heavy atom. The maximum Gasteiger partial charge on any atom is 0.240 e. The third kappa shape index (κ3) is 1.96. The first-order valence-electron chi connectivity index (χ1n) is 7.42. The van der Waals surface area contributed by atoms with Gasteiger partial charge in [-0.3, -0.25) is 4.79 Å². The van der Waals surface area contributed by atoms with Crippen LogP contribution in [0.5, 0.6) is 0 Å². The van der Waals surface area contributed by atoms with Crippen LogP contribution in [0.2, 0.25) is 0 Å². The summed E-state index contributed by atoms with van der Waals surface area (Å²) in [5.74, 6) is 0.613. The van der Waals surface area contributed by atoms with E-state index >= 15 is 0 Å². The van der Waals surface area contributed by atoms with Gasteiger partial charge in [-0.25, -0.2) is 0 Å². The SMILES string of the molecule is CCC(C)(C#N)C(=O)NC1C2(C)CCC(C2)C1(C)C. The Bertz CT molecular complexity index is 432. The number of nitriles is 1. The van der Waals surface area contributed by atoms with Gasteiger partial charge in [0.1, 0.15) is 5.41 Å². The fraction of sp³-hybridized carbons (Fsp3) is 0.875. The van der Waals surface area contributed by atoms with Crippen LogP contribution in [0.1, 0.15) is 60.3 Å². The number of rotatable bonds is 3. The second-order valence-corrected chi connectivity index (χ2v) is 7.62. The van der Waals surface area contributed by atoms with Crippen LogP contribution in [0.4, 0.5) is 0 Å². The van der Waals surface area contributed by atoms with Crippen molar-refractivity contribution in [2.75, 3.05) is 0 Å². The zero-order valence-electron chi connectivity index (χ0n) is 12.8. The minimum absolute atomic E-state index is 0.0932. The van der Waals surface area contributed by atoms with Crippen molar-refractivity contribution < 1.29 is 4.79 Å². The molecule has 0 aromatic carbocycles. The Morgan fingerprint density at radius 3 is 2.53 bits per heavy atom. The highest BCUT2D eigenvalue weighted by Crippen LogP contribution is 2.62. The summed E-state index contributed by atoms with van der Waals surface area (Å²) in [7, 11) is 0. The van der Waals surface area contributed by atoms with E-state index in [0.717, 1.165) is 0 Å². The lowest BCUT2D eigenvalue weighted by Crippen LogP contribution is -2.55. The van der Waals surface area contributed by atoms with Crippen molar-refractivity contribution in [2.24, 2.45) is 22.2 Å². The van der Waals surface area contributed by atoms with E-state index in [9.17, 15) is 10.1 Å². The highest BCUT2D eigenvalue weighted by atomic mass is 16.2. The molecule has 2 bridgehead atoms. The maximum absolute atomic E-state index is 12.5. The van der Waals surface area contributed by atoms with Gasteiger partial charge in [-0.1, -0.05) is 27.7 Å². The molecule has 1 amide bonds. The van der Waals surface area contributed by atoms with Gasteiger partial charge in [-0.05, 0) is 49.4 Å². The molecule has 3 heteroatoms. The van der Waals surface area contributed by atoms with E-state index in [1.807, 2.05) is 6.92 Å². The molecule has 2 aliphatic carbocycles. The Labute approximate surface area is 116 Å². The van der Waals surface area contributed by atoms with Crippen molar-refractivity contribution in [3.05, 3.63) is 0 Å². The molecule has 0 radical (unpaired) electrons. The standard InChI is InChI=1S/C16H26N2O/c1-6-15(4,10-17)13(19)18-12-14(2,3)11-7-8-16(12,5)9-11/h11-12H,6-9H2,1-5H3,(H,18,19). The van der Waals surface area contributed by atoms with Crippen LogP contribution in [-0.2, 0) is 4.79 Å². The smallest absolute Gasteiger partial charge is 0.240 e. The molecule has 0 saturated heterocycles. The van der Waals surface area contributed by atoms with Gasteiger partial charge in [0.2, 0.25) is 5.91 Å². The third-order valence-electron chi connectivity index (χ3n) is 6.00. The summed E-state index contributed by atoms with van der Waals surface area (Å²) in [6, 6.07) is 2.37. The first-order chi connectivity index (χ1) is 8.69. The van der Waals surface area contributed by atoms with E-state index < -0.39 is 5.41 Å². The normalized spacial score (nSPS) is 38.5. The fourth-order valence-electron chi connectivity index (χ4n) is 4.24. The van der Waals surface area contributed by atoms with Crippen LogP contribution in [0.25, 0.3) is 0 Å². The second kappa shape index (κ2) is 4.23. The molecular formula is C16H26N2O. The first-order valence-corrected chi connectivity index (χ1v) is 7.42. The van der Waals surface area contributed by atoms with Gasteiger partial charge in [0, 0.05) is 6.04 Å². The molecule has 19 heavy (non-hydrogen) atoms. The number of carbonyl (C=O) groups is 1. The minimum atomic E-state index is -0.895. The fourth-order valence-corrected chi connectivity index (χ4v) is 4.24. The van der Waals surface area contributed by atoms with E-state index in [-0.39, 0.29) is 22.8 Å². The Kier molecular flexibility index (Phi) is 3.20. The second-order valence-electron chi connectivity index (χ2n) is 7.62. The lowest BCUT2D eigenvalue weighted by Gasteiger charge is -2.44. The number of nitrogens with zero attached hydrogens (tertiary/aromatic N) is 1. The van der Waals surface area contributed by atoms with Gasteiger partial charge in [0.25, 0.3) is 0 Å². The van der Waals surface area contributed by atoms with Crippen LogP contribution in [0, 0.1) is 33.5 Å². The largest absolute Gasteiger partial charge is 0.351 e. The van der Waals surface area contributed by atoms with E-state index in [0.29, 0.717) is 12.3 Å². The van der Waals surface area contributed by atoms with Gasteiger partial charge in [-0.15, -0.1) is 0 Å². The molecule has 4 unspecified atom stereocenters. The van der Waals surface area contributed by atoms with Crippen LogP contribution < -0.4 is 5.32 Å². The van der Waals surface area contributed by atoms with Gasteiger partial charge < -0.3 is 5.32 Å². The predicted molar refractivity (Wildman–Crippen MR) is 75.2 cm³/mol. The van der Waals surface area contributed by atoms with Crippen molar-refractivity contribution >= 4 is 5.91 Å².